The second-order valence-corrected chi connectivity index (χ2v) is 9.77. The largest absolute Gasteiger partial charge is 0.468 e. The Kier molecular flexibility index (Phi) is 7.88. The van der Waals surface area contributed by atoms with Crippen LogP contribution >= 0.6 is 0 Å². The van der Waals surface area contributed by atoms with Crippen molar-refractivity contribution >= 4 is 17.1 Å². The lowest BCUT2D eigenvalue weighted by atomic mass is 9.98. The number of aromatic nitrogens is 8. The highest BCUT2D eigenvalue weighted by atomic mass is 16.5. The first kappa shape index (κ1) is 27.6. The van der Waals surface area contributed by atoms with Crippen LogP contribution in [-0.4, -0.2) is 66.1 Å². The molecule has 5 rings (SSSR count). The molecule has 0 spiro atoms. The predicted octanol–water partition coefficient (Wildman–Crippen LogP) is 2.20. The van der Waals surface area contributed by atoms with Gasteiger partial charge in [0.1, 0.15) is 12.4 Å². The molecule has 0 unspecified atom stereocenters. The first-order chi connectivity index (χ1) is 19.8. The summed E-state index contributed by atoms with van der Waals surface area (Å²) in [6.07, 6.45) is 0. The average Bonchev–Trinajstić information content (AvgIpc) is 3.65. The Morgan fingerprint density at radius 2 is 1.71 bits per heavy atom. The van der Waals surface area contributed by atoms with Crippen molar-refractivity contribution in [2.24, 2.45) is 0 Å². The second-order valence-electron chi connectivity index (χ2n) is 9.77. The lowest BCUT2D eigenvalue weighted by Gasteiger charge is -2.14. The molecule has 0 saturated heterocycles. The molecule has 0 aliphatic carbocycles. The zero-order chi connectivity index (χ0) is 29.1. The van der Waals surface area contributed by atoms with Crippen LogP contribution in [0.4, 0.5) is 0 Å². The zero-order valence-electron chi connectivity index (χ0n) is 23.2. The van der Waals surface area contributed by atoms with Gasteiger partial charge in [0.25, 0.3) is 5.56 Å². The van der Waals surface area contributed by atoms with E-state index in [1.54, 1.807) is 0 Å². The van der Waals surface area contributed by atoms with E-state index in [4.69, 9.17) is 14.5 Å². The number of ether oxygens (including phenoxy) is 2. The van der Waals surface area contributed by atoms with Crippen molar-refractivity contribution in [3.05, 3.63) is 80.8 Å². The van der Waals surface area contributed by atoms with Crippen LogP contribution in [0.5, 0.6) is 0 Å². The highest BCUT2D eigenvalue weighted by Crippen LogP contribution is 2.30. The number of nitrogens with zero attached hydrogens (tertiary/aromatic N) is 7. The molecule has 0 bridgehead atoms. The highest BCUT2D eigenvalue weighted by Gasteiger charge is 2.24. The lowest BCUT2D eigenvalue weighted by molar-refractivity contribution is -0.141. The van der Waals surface area contributed by atoms with Crippen LogP contribution in [0.25, 0.3) is 33.7 Å². The fourth-order valence-electron chi connectivity index (χ4n) is 4.81. The summed E-state index contributed by atoms with van der Waals surface area (Å²) in [6, 6.07) is 15.8. The first-order valence-electron chi connectivity index (χ1n) is 13.1. The fraction of sp³-hybridized carbons (Fsp3) is 0.321. The van der Waals surface area contributed by atoms with E-state index in [1.807, 2.05) is 66.9 Å². The maximum Gasteiger partial charge on any atom is 0.333 e. The van der Waals surface area contributed by atoms with E-state index in [2.05, 4.69) is 20.6 Å². The quantitative estimate of drug-likeness (QED) is 0.254. The molecule has 0 saturated carbocycles. The third kappa shape index (κ3) is 5.31. The molecule has 13 nitrogen and oxygen atoms in total. The van der Waals surface area contributed by atoms with E-state index in [-0.39, 0.29) is 30.2 Å². The van der Waals surface area contributed by atoms with Gasteiger partial charge in [-0.1, -0.05) is 62.4 Å². The summed E-state index contributed by atoms with van der Waals surface area (Å²) in [5.74, 6) is 0.460. The van der Waals surface area contributed by atoms with Gasteiger partial charge in [-0.25, -0.2) is 19.4 Å². The van der Waals surface area contributed by atoms with Crippen molar-refractivity contribution < 1.29 is 14.3 Å². The van der Waals surface area contributed by atoms with Crippen molar-refractivity contribution in [3.63, 3.8) is 0 Å². The van der Waals surface area contributed by atoms with Gasteiger partial charge in [-0.05, 0) is 27.1 Å². The molecular weight excluding hydrogens is 528 g/mol. The van der Waals surface area contributed by atoms with E-state index >= 15 is 0 Å². The smallest absolute Gasteiger partial charge is 0.333 e. The maximum atomic E-state index is 13.7. The number of imidazole rings is 1. The van der Waals surface area contributed by atoms with E-state index in [9.17, 15) is 14.4 Å². The molecule has 3 aromatic heterocycles. The molecule has 2 aromatic carbocycles. The van der Waals surface area contributed by atoms with Crippen LogP contribution in [0, 0.1) is 0 Å². The molecule has 5 aromatic rings. The monoisotopic (exact) mass is 558 g/mol. The minimum atomic E-state index is -0.700. The highest BCUT2D eigenvalue weighted by molar-refractivity contribution is 5.80. The number of fused-ring (bicyclic) bond motifs is 1. The summed E-state index contributed by atoms with van der Waals surface area (Å²) in [4.78, 5) is 43.8. The minimum absolute atomic E-state index is 0.0523. The van der Waals surface area contributed by atoms with E-state index in [0.29, 0.717) is 18.2 Å². The number of benzene rings is 2. The standard InChI is InChI=1S/C28H30N8O5/c1-17(2)25-29-26-23(27(38)36(16-22(37)41-4)28(39)34(26)13-14-40-3)35(25)15-18-9-11-19(12-10-18)20-7-5-6-8-21(20)24-30-32-33-31-24/h5-12,17H,13-16H2,1-4H3,(H,30,31,32,33). The van der Waals surface area contributed by atoms with Crippen LogP contribution in [0.15, 0.2) is 58.1 Å². The van der Waals surface area contributed by atoms with Gasteiger partial charge >= 0.3 is 11.7 Å². The fourth-order valence-corrected chi connectivity index (χ4v) is 4.81. The van der Waals surface area contributed by atoms with Crippen LogP contribution in [0.3, 0.4) is 0 Å². The van der Waals surface area contributed by atoms with Gasteiger partial charge in [0.15, 0.2) is 17.0 Å². The summed E-state index contributed by atoms with van der Waals surface area (Å²) >= 11 is 0. The number of hydrogen-bond donors (Lipinski definition) is 1. The van der Waals surface area contributed by atoms with Crippen molar-refractivity contribution in [2.45, 2.75) is 39.4 Å². The van der Waals surface area contributed by atoms with Gasteiger partial charge in [-0.3, -0.25) is 14.2 Å². The average molecular weight is 559 g/mol. The van der Waals surface area contributed by atoms with Gasteiger partial charge < -0.3 is 14.0 Å². The third-order valence-corrected chi connectivity index (χ3v) is 6.83. The normalized spacial score (nSPS) is 11.4. The van der Waals surface area contributed by atoms with Crippen molar-refractivity contribution in [1.82, 2.24) is 39.3 Å². The molecule has 41 heavy (non-hydrogen) atoms. The lowest BCUT2D eigenvalue weighted by Crippen LogP contribution is -2.43. The number of carbonyl (C=O) groups is 1. The molecule has 0 fully saturated rings. The summed E-state index contributed by atoms with van der Waals surface area (Å²) in [6.45, 7) is 4.16. The number of H-pyrrole nitrogens is 1. The van der Waals surface area contributed by atoms with Gasteiger partial charge in [0, 0.05) is 25.1 Å². The molecule has 1 N–H and O–H groups in total. The Morgan fingerprint density at radius 1 is 0.976 bits per heavy atom. The molecule has 0 aliphatic rings. The van der Waals surface area contributed by atoms with Crippen molar-refractivity contribution in [1.29, 1.82) is 0 Å². The van der Waals surface area contributed by atoms with Crippen LogP contribution in [0.2, 0.25) is 0 Å². The molecule has 0 amide bonds. The van der Waals surface area contributed by atoms with Crippen LogP contribution in [-0.2, 0) is 33.9 Å². The number of carbonyl (C=O) groups excluding carboxylic acids is 1. The minimum Gasteiger partial charge on any atom is -0.468 e. The Morgan fingerprint density at radius 3 is 2.34 bits per heavy atom. The Balaban J connectivity index is 1.61. The maximum absolute atomic E-state index is 13.7. The number of tetrazole rings is 1. The summed E-state index contributed by atoms with van der Waals surface area (Å²) < 4.78 is 14.0. The molecule has 0 radical (unpaired) electrons. The van der Waals surface area contributed by atoms with Gasteiger partial charge in [0.2, 0.25) is 0 Å². The Hall–Kier alpha value is -4.91. The number of rotatable bonds is 10. The van der Waals surface area contributed by atoms with E-state index in [1.165, 1.54) is 18.8 Å². The topological polar surface area (TPSA) is 152 Å². The number of aromatic amines is 1. The van der Waals surface area contributed by atoms with Crippen LogP contribution < -0.4 is 11.2 Å². The van der Waals surface area contributed by atoms with Gasteiger partial charge in [0.05, 0.1) is 20.3 Å². The molecule has 212 valence electrons. The SMILES string of the molecule is COCCn1c(=O)n(CC(=O)OC)c(=O)c2c1nc(C(C)C)n2Cc1ccc(-c2ccccc2-c2nnn[nH]2)cc1. The number of hydrogen-bond acceptors (Lipinski definition) is 9. The predicted molar refractivity (Wildman–Crippen MR) is 150 cm³/mol. The summed E-state index contributed by atoms with van der Waals surface area (Å²) in [7, 11) is 2.73. The molecule has 0 aliphatic heterocycles. The second kappa shape index (κ2) is 11.7. The first-order valence-corrected chi connectivity index (χ1v) is 13.1. The number of esters is 1. The van der Waals surface area contributed by atoms with Crippen molar-refractivity contribution in [2.75, 3.05) is 20.8 Å². The third-order valence-electron chi connectivity index (χ3n) is 6.83. The van der Waals surface area contributed by atoms with Crippen LogP contribution in [0.1, 0.15) is 31.2 Å². The molecule has 3 heterocycles. The van der Waals surface area contributed by atoms with E-state index in [0.717, 1.165) is 26.8 Å². The summed E-state index contributed by atoms with van der Waals surface area (Å²) in [5.41, 5.74) is 2.96. The van der Waals surface area contributed by atoms with Crippen molar-refractivity contribution in [3.8, 4) is 22.5 Å². The Bertz CT molecular complexity index is 1800. The van der Waals surface area contributed by atoms with E-state index < -0.39 is 23.8 Å². The summed E-state index contributed by atoms with van der Waals surface area (Å²) in [5, 5.41) is 14.2. The number of nitrogens with one attached hydrogen (secondary N) is 1. The van der Waals surface area contributed by atoms with Gasteiger partial charge in [-0.15, -0.1) is 5.10 Å². The molecular formula is C28H30N8O5. The molecule has 13 heteroatoms. The zero-order valence-corrected chi connectivity index (χ0v) is 23.2. The van der Waals surface area contributed by atoms with Gasteiger partial charge in [-0.2, -0.15) is 0 Å². The molecule has 0 atom stereocenters. The Labute approximate surface area is 234 Å². The number of methoxy groups -OCH3 is 2.